The zero-order chi connectivity index (χ0) is 16.5. The molecule has 0 radical (unpaired) electrons. The van der Waals surface area contributed by atoms with Gasteiger partial charge in [0.25, 0.3) is 5.89 Å². The molecule has 0 N–H and O–H groups in total. The van der Waals surface area contributed by atoms with Gasteiger partial charge >= 0.3 is 0 Å². The lowest BCUT2D eigenvalue weighted by Crippen LogP contribution is -2.24. The van der Waals surface area contributed by atoms with E-state index in [9.17, 15) is 9.18 Å². The van der Waals surface area contributed by atoms with Gasteiger partial charge in [-0.2, -0.15) is 4.98 Å². The molecule has 0 bridgehead atoms. The number of nitrogens with zero attached hydrogens (tertiary/aromatic N) is 4. The summed E-state index contributed by atoms with van der Waals surface area (Å²) in [7, 11) is 0. The number of rotatable bonds is 3. The van der Waals surface area contributed by atoms with Gasteiger partial charge < -0.3 is 9.42 Å². The van der Waals surface area contributed by atoms with Crippen molar-refractivity contribution < 1.29 is 13.7 Å². The van der Waals surface area contributed by atoms with E-state index in [2.05, 4.69) is 15.1 Å². The minimum Gasteiger partial charge on any atom is -0.332 e. The van der Waals surface area contributed by atoms with Gasteiger partial charge in [-0.25, -0.2) is 4.39 Å². The molecule has 0 spiro atoms. The van der Waals surface area contributed by atoms with Crippen LogP contribution in [0.4, 0.5) is 10.1 Å². The SMILES string of the molecule is O=C1C[C@H](c2noc(-c3ccccn3)n2)CN1c1ccc(F)cc1. The Labute approximate surface area is 136 Å². The van der Waals surface area contributed by atoms with Crippen molar-refractivity contribution in [2.75, 3.05) is 11.4 Å². The molecule has 1 aliphatic heterocycles. The van der Waals surface area contributed by atoms with Gasteiger partial charge in [-0.1, -0.05) is 11.2 Å². The van der Waals surface area contributed by atoms with Gasteiger partial charge in [0.05, 0.1) is 0 Å². The molecule has 4 rings (SSSR count). The van der Waals surface area contributed by atoms with Gasteiger partial charge in [0, 0.05) is 30.8 Å². The number of benzene rings is 1. The molecule has 1 aliphatic rings. The van der Waals surface area contributed by atoms with Gasteiger partial charge in [-0.15, -0.1) is 0 Å². The number of hydrogen-bond acceptors (Lipinski definition) is 5. The van der Waals surface area contributed by atoms with Crippen molar-refractivity contribution in [1.82, 2.24) is 15.1 Å². The molecule has 1 saturated heterocycles. The fourth-order valence-electron chi connectivity index (χ4n) is 2.75. The average Bonchev–Trinajstić information content (AvgIpc) is 3.23. The number of aromatic nitrogens is 3. The van der Waals surface area contributed by atoms with Gasteiger partial charge in [0.15, 0.2) is 5.82 Å². The summed E-state index contributed by atoms with van der Waals surface area (Å²) < 4.78 is 18.3. The standard InChI is InChI=1S/C17H13FN4O2/c18-12-4-6-13(7-5-12)22-10-11(9-15(22)23)16-20-17(24-21-16)14-3-1-2-8-19-14/h1-8,11H,9-10H2/t11-/m0/s1. The number of carbonyl (C=O) groups excluding carboxylic acids is 1. The van der Waals surface area contributed by atoms with Crippen LogP contribution < -0.4 is 4.90 Å². The van der Waals surface area contributed by atoms with Gasteiger partial charge in [-0.3, -0.25) is 9.78 Å². The van der Waals surface area contributed by atoms with E-state index < -0.39 is 0 Å². The second-order valence-electron chi connectivity index (χ2n) is 5.55. The first-order valence-corrected chi connectivity index (χ1v) is 7.51. The van der Waals surface area contributed by atoms with Crippen LogP contribution in [0.25, 0.3) is 11.6 Å². The van der Waals surface area contributed by atoms with Crippen LogP contribution in [0, 0.1) is 5.82 Å². The van der Waals surface area contributed by atoms with Gasteiger partial charge in [-0.05, 0) is 36.4 Å². The molecular weight excluding hydrogens is 311 g/mol. The highest BCUT2D eigenvalue weighted by Gasteiger charge is 2.34. The third-order valence-electron chi connectivity index (χ3n) is 3.95. The normalized spacial score (nSPS) is 17.5. The number of carbonyl (C=O) groups is 1. The largest absolute Gasteiger partial charge is 0.332 e. The monoisotopic (exact) mass is 324 g/mol. The Balaban J connectivity index is 1.55. The van der Waals surface area contributed by atoms with E-state index in [0.717, 1.165) is 0 Å². The first-order chi connectivity index (χ1) is 11.7. The topological polar surface area (TPSA) is 72.1 Å². The first kappa shape index (κ1) is 14.5. The maximum atomic E-state index is 13.0. The van der Waals surface area contributed by atoms with Gasteiger partial charge in [0.1, 0.15) is 11.5 Å². The molecule has 1 atom stereocenters. The molecule has 7 heteroatoms. The summed E-state index contributed by atoms with van der Waals surface area (Å²) in [6.07, 6.45) is 1.94. The smallest absolute Gasteiger partial charge is 0.276 e. The molecular formula is C17H13FN4O2. The fraction of sp³-hybridized carbons (Fsp3) is 0.176. The molecule has 0 unspecified atom stereocenters. The Morgan fingerprint density at radius 3 is 2.75 bits per heavy atom. The van der Waals surface area contributed by atoms with Crippen LogP contribution in [0.1, 0.15) is 18.2 Å². The highest BCUT2D eigenvalue weighted by molar-refractivity contribution is 5.96. The van der Waals surface area contributed by atoms with Crippen molar-refractivity contribution in [3.8, 4) is 11.6 Å². The van der Waals surface area contributed by atoms with Crippen molar-refractivity contribution in [3.63, 3.8) is 0 Å². The Bertz CT molecular complexity index is 864. The maximum absolute atomic E-state index is 13.0. The van der Waals surface area contributed by atoms with Crippen LogP contribution >= 0.6 is 0 Å². The van der Waals surface area contributed by atoms with Crippen molar-refractivity contribution in [3.05, 3.63) is 60.3 Å². The lowest BCUT2D eigenvalue weighted by Gasteiger charge is -2.15. The van der Waals surface area contributed by atoms with E-state index in [1.165, 1.54) is 12.1 Å². The van der Waals surface area contributed by atoms with Crippen molar-refractivity contribution in [2.45, 2.75) is 12.3 Å². The summed E-state index contributed by atoms with van der Waals surface area (Å²) in [6, 6.07) is 11.3. The molecule has 1 aromatic carbocycles. The molecule has 3 aromatic rings. The molecule has 6 nitrogen and oxygen atoms in total. The second-order valence-corrected chi connectivity index (χ2v) is 5.55. The Kier molecular flexibility index (Phi) is 3.53. The predicted octanol–water partition coefficient (Wildman–Crippen LogP) is 2.79. The molecule has 0 aliphatic carbocycles. The van der Waals surface area contributed by atoms with Crippen LogP contribution in [0.5, 0.6) is 0 Å². The summed E-state index contributed by atoms with van der Waals surface area (Å²) in [5, 5.41) is 3.99. The van der Waals surface area contributed by atoms with E-state index in [1.807, 2.05) is 6.07 Å². The zero-order valence-electron chi connectivity index (χ0n) is 12.6. The summed E-state index contributed by atoms with van der Waals surface area (Å²) in [5.74, 6) is 0.270. The number of amides is 1. The predicted molar refractivity (Wildman–Crippen MR) is 83.6 cm³/mol. The van der Waals surface area contributed by atoms with Crippen LogP contribution in [-0.4, -0.2) is 27.6 Å². The number of pyridine rings is 1. The molecule has 0 saturated carbocycles. The molecule has 1 amide bonds. The van der Waals surface area contributed by atoms with Crippen LogP contribution in [0.3, 0.4) is 0 Å². The summed E-state index contributed by atoms with van der Waals surface area (Å²) in [6.45, 7) is 0.436. The van der Waals surface area contributed by atoms with Crippen LogP contribution in [0.2, 0.25) is 0 Å². The van der Waals surface area contributed by atoms with Crippen LogP contribution in [0.15, 0.2) is 53.2 Å². The quantitative estimate of drug-likeness (QED) is 0.741. The first-order valence-electron chi connectivity index (χ1n) is 7.51. The van der Waals surface area contributed by atoms with E-state index >= 15 is 0 Å². The summed E-state index contributed by atoms with van der Waals surface area (Å²) in [5.41, 5.74) is 1.26. The minimum absolute atomic E-state index is 0.0456. The highest BCUT2D eigenvalue weighted by atomic mass is 19.1. The Morgan fingerprint density at radius 2 is 2.00 bits per heavy atom. The second kappa shape index (κ2) is 5.84. The van der Waals surface area contributed by atoms with E-state index in [1.54, 1.807) is 35.4 Å². The van der Waals surface area contributed by atoms with E-state index in [0.29, 0.717) is 36.1 Å². The molecule has 120 valence electrons. The molecule has 24 heavy (non-hydrogen) atoms. The lowest BCUT2D eigenvalue weighted by atomic mass is 10.1. The maximum Gasteiger partial charge on any atom is 0.276 e. The van der Waals surface area contributed by atoms with E-state index in [4.69, 9.17) is 4.52 Å². The van der Waals surface area contributed by atoms with Crippen molar-refractivity contribution in [1.29, 1.82) is 0 Å². The number of hydrogen-bond donors (Lipinski definition) is 0. The highest BCUT2D eigenvalue weighted by Crippen LogP contribution is 2.31. The van der Waals surface area contributed by atoms with E-state index in [-0.39, 0.29) is 17.6 Å². The number of halogens is 1. The zero-order valence-corrected chi connectivity index (χ0v) is 12.6. The third kappa shape index (κ3) is 2.64. The Morgan fingerprint density at radius 1 is 1.17 bits per heavy atom. The molecule has 2 aromatic heterocycles. The average molecular weight is 324 g/mol. The fourth-order valence-corrected chi connectivity index (χ4v) is 2.75. The van der Waals surface area contributed by atoms with Crippen molar-refractivity contribution in [2.24, 2.45) is 0 Å². The molecule has 1 fully saturated rings. The molecule has 3 heterocycles. The third-order valence-corrected chi connectivity index (χ3v) is 3.95. The lowest BCUT2D eigenvalue weighted by molar-refractivity contribution is -0.117. The number of anilines is 1. The summed E-state index contributed by atoms with van der Waals surface area (Å²) >= 11 is 0. The summed E-state index contributed by atoms with van der Waals surface area (Å²) in [4.78, 5) is 22.4. The van der Waals surface area contributed by atoms with Gasteiger partial charge in [0.2, 0.25) is 5.91 Å². The minimum atomic E-state index is -0.333. The van der Waals surface area contributed by atoms with Crippen molar-refractivity contribution >= 4 is 11.6 Å². The Hall–Kier alpha value is -3.09. The van der Waals surface area contributed by atoms with Crippen LogP contribution in [-0.2, 0) is 4.79 Å².